The zero-order chi connectivity index (χ0) is 23.4. The van der Waals surface area contributed by atoms with Crippen molar-refractivity contribution in [1.82, 2.24) is 15.3 Å². The Morgan fingerprint density at radius 2 is 1.85 bits per heavy atom. The Bertz CT molecular complexity index is 1120. The smallest absolute Gasteiger partial charge is 0.262 e. The van der Waals surface area contributed by atoms with E-state index >= 15 is 0 Å². The lowest BCUT2D eigenvalue weighted by molar-refractivity contribution is 0.0741. The Morgan fingerprint density at radius 1 is 1.12 bits per heavy atom. The number of amides is 1. The SMILES string of the molecule is Nc1ncc(C2CCOCC2)nc1-c1ccc(C(=O)NC(c2ccccc2)C(F)F)c(F)c1. The van der Waals surface area contributed by atoms with Crippen LogP contribution < -0.4 is 11.1 Å². The van der Waals surface area contributed by atoms with Gasteiger partial charge in [-0.05, 0) is 30.5 Å². The molecule has 0 saturated carbocycles. The summed E-state index contributed by atoms with van der Waals surface area (Å²) in [6, 6.07) is 10.1. The molecule has 1 atom stereocenters. The summed E-state index contributed by atoms with van der Waals surface area (Å²) in [6.45, 7) is 1.26. The van der Waals surface area contributed by atoms with Crippen molar-refractivity contribution in [1.29, 1.82) is 0 Å². The molecular formula is C24H23F3N4O2. The molecule has 0 spiro atoms. The summed E-state index contributed by atoms with van der Waals surface area (Å²) >= 11 is 0. The minimum absolute atomic E-state index is 0.129. The van der Waals surface area contributed by atoms with Crippen LogP contribution in [0.15, 0.2) is 54.7 Å². The summed E-state index contributed by atoms with van der Waals surface area (Å²) in [5.74, 6) is -1.51. The van der Waals surface area contributed by atoms with Crippen molar-refractivity contribution in [3.05, 3.63) is 77.4 Å². The van der Waals surface area contributed by atoms with Crippen LogP contribution in [0.4, 0.5) is 19.0 Å². The molecule has 1 unspecified atom stereocenters. The molecule has 2 heterocycles. The van der Waals surface area contributed by atoms with Crippen molar-refractivity contribution in [2.75, 3.05) is 18.9 Å². The number of alkyl halides is 2. The number of benzene rings is 2. The summed E-state index contributed by atoms with van der Waals surface area (Å²) in [6.07, 6.45) is 0.360. The minimum atomic E-state index is -2.86. The first-order valence-corrected chi connectivity index (χ1v) is 10.6. The number of carbonyl (C=O) groups is 1. The Balaban J connectivity index is 1.57. The fourth-order valence-corrected chi connectivity index (χ4v) is 3.83. The van der Waals surface area contributed by atoms with Gasteiger partial charge in [0.1, 0.15) is 23.4 Å². The summed E-state index contributed by atoms with van der Waals surface area (Å²) < 4.78 is 47.3. The second-order valence-electron chi connectivity index (χ2n) is 7.81. The maximum atomic E-state index is 14.9. The lowest BCUT2D eigenvalue weighted by Crippen LogP contribution is -2.33. The maximum absolute atomic E-state index is 14.9. The number of nitrogens with zero attached hydrogens (tertiary/aromatic N) is 2. The summed E-state index contributed by atoms with van der Waals surface area (Å²) in [5.41, 5.74) is 7.24. The molecular weight excluding hydrogens is 433 g/mol. The molecule has 1 aromatic heterocycles. The second kappa shape index (κ2) is 9.99. The molecule has 1 aliphatic rings. The monoisotopic (exact) mass is 456 g/mol. The number of aromatic nitrogens is 2. The molecule has 0 aliphatic carbocycles. The Kier molecular flexibility index (Phi) is 6.88. The van der Waals surface area contributed by atoms with Gasteiger partial charge in [-0.3, -0.25) is 4.79 Å². The molecule has 1 amide bonds. The zero-order valence-electron chi connectivity index (χ0n) is 17.7. The molecule has 1 saturated heterocycles. The van der Waals surface area contributed by atoms with Crippen molar-refractivity contribution < 1.29 is 22.7 Å². The van der Waals surface area contributed by atoms with Crippen molar-refractivity contribution in [2.45, 2.75) is 31.2 Å². The fraction of sp³-hybridized carbons (Fsp3) is 0.292. The number of hydrogen-bond donors (Lipinski definition) is 2. The fourth-order valence-electron chi connectivity index (χ4n) is 3.83. The topological polar surface area (TPSA) is 90.1 Å². The number of carbonyl (C=O) groups excluding carboxylic acids is 1. The van der Waals surface area contributed by atoms with Crippen LogP contribution in [0.2, 0.25) is 0 Å². The molecule has 2 aromatic carbocycles. The van der Waals surface area contributed by atoms with Crippen LogP contribution >= 0.6 is 0 Å². The average Bonchev–Trinajstić information content (AvgIpc) is 2.83. The van der Waals surface area contributed by atoms with Crippen molar-refractivity contribution in [3.8, 4) is 11.3 Å². The third-order valence-electron chi connectivity index (χ3n) is 5.64. The highest BCUT2D eigenvalue weighted by Crippen LogP contribution is 2.30. The standard InChI is InChI=1S/C24H23F3N4O2/c25-18-12-16(21-23(28)29-13-19(30-21)14-8-10-33-11-9-14)6-7-17(18)24(32)31-20(22(26)27)15-4-2-1-3-5-15/h1-7,12-14,20,22H,8-11H2,(H2,28,29)(H,31,32). The Labute approximate surface area is 189 Å². The van der Waals surface area contributed by atoms with Crippen LogP contribution in [0.1, 0.15) is 46.4 Å². The van der Waals surface area contributed by atoms with Crippen LogP contribution in [0, 0.1) is 5.82 Å². The van der Waals surface area contributed by atoms with E-state index in [1.807, 2.05) is 0 Å². The molecule has 0 bridgehead atoms. The van der Waals surface area contributed by atoms with Gasteiger partial charge < -0.3 is 15.8 Å². The molecule has 9 heteroatoms. The van der Waals surface area contributed by atoms with E-state index in [1.165, 1.54) is 24.3 Å². The number of nitrogens with one attached hydrogen (secondary N) is 1. The lowest BCUT2D eigenvalue weighted by Gasteiger charge is -2.22. The minimum Gasteiger partial charge on any atom is -0.382 e. The maximum Gasteiger partial charge on any atom is 0.262 e. The molecule has 3 aromatic rings. The van der Waals surface area contributed by atoms with E-state index in [0.29, 0.717) is 24.5 Å². The van der Waals surface area contributed by atoms with Gasteiger partial charge in [-0.15, -0.1) is 0 Å². The number of ether oxygens (including phenoxy) is 1. The largest absolute Gasteiger partial charge is 0.382 e. The van der Waals surface area contributed by atoms with Gasteiger partial charge in [0.15, 0.2) is 0 Å². The first-order chi connectivity index (χ1) is 15.9. The average molecular weight is 456 g/mol. The van der Waals surface area contributed by atoms with E-state index in [2.05, 4.69) is 15.3 Å². The first kappa shape index (κ1) is 22.7. The highest BCUT2D eigenvalue weighted by Gasteiger charge is 2.26. The third kappa shape index (κ3) is 5.14. The van der Waals surface area contributed by atoms with Gasteiger partial charge in [0, 0.05) is 24.7 Å². The van der Waals surface area contributed by atoms with E-state index in [1.54, 1.807) is 24.4 Å². The zero-order valence-corrected chi connectivity index (χ0v) is 17.7. The highest BCUT2D eigenvalue weighted by molar-refractivity contribution is 5.95. The second-order valence-corrected chi connectivity index (χ2v) is 7.81. The van der Waals surface area contributed by atoms with Gasteiger partial charge >= 0.3 is 0 Å². The lowest BCUT2D eigenvalue weighted by atomic mass is 9.96. The predicted octanol–water partition coefficient (Wildman–Crippen LogP) is 4.50. The van der Waals surface area contributed by atoms with E-state index in [0.717, 1.165) is 24.6 Å². The van der Waals surface area contributed by atoms with Crippen LogP contribution in [-0.2, 0) is 4.74 Å². The summed E-state index contributed by atoms with van der Waals surface area (Å²) in [5, 5.41) is 2.22. The Hall–Kier alpha value is -3.46. The number of nitrogens with two attached hydrogens (primary N) is 1. The number of anilines is 1. The number of rotatable bonds is 6. The van der Waals surface area contributed by atoms with Crippen LogP contribution in [0.5, 0.6) is 0 Å². The van der Waals surface area contributed by atoms with Gasteiger partial charge in [0.25, 0.3) is 12.3 Å². The molecule has 6 nitrogen and oxygen atoms in total. The van der Waals surface area contributed by atoms with Gasteiger partial charge in [-0.2, -0.15) is 0 Å². The van der Waals surface area contributed by atoms with Crippen molar-refractivity contribution in [3.63, 3.8) is 0 Å². The first-order valence-electron chi connectivity index (χ1n) is 10.6. The molecule has 1 fully saturated rings. The number of hydrogen-bond acceptors (Lipinski definition) is 5. The molecule has 3 N–H and O–H groups in total. The quantitative estimate of drug-likeness (QED) is 0.570. The molecule has 4 rings (SSSR count). The van der Waals surface area contributed by atoms with E-state index in [9.17, 15) is 18.0 Å². The number of nitrogen functional groups attached to an aromatic ring is 1. The summed E-state index contributed by atoms with van der Waals surface area (Å²) in [4.78, 5) is 21.4. The van der Waals surface area contributed by atoms with Crippen LogP contribution in [0.3, 0.4) is 0 Å². The van der Waals surface area contributed by atoms with Crippen molar-refractivity contribution >= 4 is 11.7 Å². The molecule has 33 heavy (non-hydrogen) atoms. The molecule has 1 aliphatic heterocycles. The van der Waals surface area contributed by atoms with Crippen molar-refractivity contribution in [2.24, 2.45) is 0 Å². The number of halogens is 3. The normalized spacial score (nSPS) is 15.4. The predicted molar refractivity (Wildman–Crippen MR) is 117 cm³/mol. The molecule has 0 radical (unpaired) electrons. The highest BCUT2D eigenvalue weighted by atomic mass is 19.3. The third-order valence-corrected chi connectivity index (χ3v) is 5.64. The van der Waals surface area contributed by atoms with Crippen LogP contribution in [0.25, 0.3) is 11.3 Å². The van der Waals surface area contributed by atoms with Crippen LogP contribution in [-0.4, -0.2) is 35.5 Å². The molecule has 172 valence electrons. The van der Waals surface area contributed by atoms with Gasteiger partial charge in [0.05, 0.1) is 17.5 Å². The van der Waals surface area contributed by atoms with E-state index in [-0.39, 0.29) is 22.9 Å². The van der Waals surface area contributed by atoms with E-state index < -0.39 is 24.2 Å². The Morgan fingerprint density at radius 3 is 2.52 bits per heavy atom. The van der Waals surface area contributed by atoms with Gasteiger partial charge in [-0.1, -0.05) is 36.4 Å². The van der Waals surface area contributed by atoms with Gasteiger partial charge in [-0.25, -0.2) is 23.1 Å². The summed E-state index contributed by atoms with van der Waals surface area (Å²) in [7, 11) is 0. The van der Waals surface area contributed by atoms with E-state index in [4.69, 9.17) is 10.5 Å². The van der Waals surface area contributed by atoms with Gasteiger partial charge in [0.2, 0.25) is 0 Å².